The third-order valence-corrected chi connectivity index (χ3v) is 5.47. The SMILES string of the molecule is CN(C)c1ccc(C(c2ccc(OC(=O)CCC(=O)O)cc2)c2ccc(N(C)C)cc2)cc1. The minimum Gasteiger partial charge on any atom is -0.481 e. The van der Waals surface area contributed by atoms with Crippen LogP contribution >= 0.6 is 0 Å². The van der Waals surface area contributed by atoms with E-state index < -0.39 is 11.9 Å². The van der Waals surface area contributed by atoms with Gasteiger partial charge in [-0.2, -0.15) is 0 Å². The first-order valence-electron chi connectivity index (χ1n) is 10.8. The van der Waals surface area contributed by atoms with Crippen molar-refractivity contribution in [3.8, 4) is 5.75 Å². The Hall–Kier alpha value is -3.80. The maximum Gasteiger partial charge on any atom is 0.311 e. The van der Waals surface area contributed by atoms with E-state index in [4.69, 9.17) is 9.84 Å². The molecule has 3 aromatic rings. The average Bonchev–Trinajstić information content (AvgIpc) is 2.80. The number of carbonyl (C=O) groups excluding carboxylic acids is 1. The molecule has 0 aromatic heterocycles. The molecule has 172 valence electrons. The third kappa shape index (κ3) is 6.35. The van der Waals surface area contributed by atoms with Crippen molar-refractivity contribution in [3.05, 3.63) is 89.5 Å². The number of esters is 1. The van der Waals surface area contributed by atoms with Crippen LogP contribution in [0, 0.1) is 0 Å². The molecule has 6 nitrogen and oxygen atoms in total. The van der Waals surface area contributed by atoms with Crippen molar-refractivity contribution in [3.63, 3.8) is 0 Å². The van der Waals surface area contributed by atoms with Crippen molar-refractivity contribution in [2.24, 2.45) is 0 Å². The van der Waals surface area contributed by atoms with Gasteiger partial charge in [0.25, 0.3) is 0 Å². The number of aliphatic carboxylic acids is 1. The molecule has 0 heterocycles. The van der Waals surface area contributed by atoms with Crippen LogP contribution in [0.1, 0.15) is 35.4 Å². The standard InChI is InChI=1S/C27H30N2O4/c1-28(2)22-11-5-19(6-12-22)27(20-7-13-23(14-8-20)29(3)4)21-9-15-24(16-10-21)33-26(32)18-17-25(30)31/h5-16,27H,17-18H2,1-4H3,(H,30,31). The molecule has 0 aliphatic heterocycles. The van der Waals surface area contributed by atoms with Crippen molar-refractivity contribution < 1.29 is 19.4 Å². The van der Waals surface area contributed by atoms with Gasteiger partial charge in [0.1, 0.15) is 5.75 Å². The number of benzene rings is 3. The molecule has 33 heavy (non-hydrogen) atoms. The summed E-state index contributed by atoms with van der Waals surface area (Å²) in [4.78, 5) is 26.6. The van der Waals surface area contributed by atoms with Crippen LogP contribution in [0.15, 0.2) is 72.8 Å². The third-order valence-electron chi connectivity index (χ3n) is 5.47. The van der Waals surface area contributed by atoms with Gasteiger partial charge in [0, 0.05) is 45.5 Å². The summed E-state index contributed by atoms with van der Waals surface area (Å²) in [5, 5.41) is 8.72. The van der Waals surface area contributed by atoms with E-state index in [1.807, 2.05) is 40.3 Å². The summed E-state index contributed by atoms with van der Waals surface area (Å²) in [5.74, 6) is -1.17. The Morgan fingerprint density at radius 3 is 1.45 bits per heavy atom. The number of hydrogen-bond acceptors (Lipinski definition) is 5. The van der Waals surface area contributed by atoms with Crippen LogP contribution in [-0.4, -0.2) is 45.2 Å². The van der Waals surface area contributed by atoms with Gasteiger partial charge in [-0.3, -0.25) is 9.59 Å². The van der Waals surface area contributed by atoms with E-state index in [1.165, 1.54) is 0 Å². The highest BCUT2D eigenvalue weighted by atomic mass is 16.5. The summed E-state index contributed by atoms with van der Waals surface area (Å²) in [7, 11) is 8.07. The Morgan fingerprint density at radius 1 is 0.697 bits per heavy atom. The Morgan fingerprint density at radius 2 is 1.09 bits per heavy atom. The fraction of sp³-hybridized carbons (Fsp3) is 0.259. The summed E-state index contributed by atoms with van der Waals surface area (Å²) in [6.07, 6.45) is -0.402. The van der Waals surface area contributed by atoms with Gasteiger partial charge in [0.05, 0.1) is 12.8 Å². The summed E-state index contributed by atoms with van der Waals surface area (Å²) in [5.41, 5.74) is 5.64. The van der Waals surface area contributed by atoms with E-state index in [2.05, 4.69) is 58.3 Å². The lowest BCUT2D eigenvalue weighted by atomic mass is 9.85. The van der Waals surface area contributed by atoms with Crippen LogP contribution in [-0.2, 0) is 9.59 Å². The number of hydrogen-bond donors (Lipinski definition) is 1. The highest BCUT2D eigenvalue weighted by Gasteiger charge is 2.18. The zero-order chi connectivity index (χ0) is 24.0. The summed E-state index contributed by atoms with van der Waals surface area (Å²) in [6.45, 7) is 0. The zero-order valence-corrected chi connectivity index (χ0v) is 19.5. The second-order valence-electron chi connectivity index (χ2n) is 8.34. The molecule has 0 saturated carbocycles. The first kappa shape index (κ1) is 23.9. The molecular weight excluding hydrogens is 416 g/mol. The molecule has 0 unspecified atom stereocenters. The molecule has 0 aliphatic rings. The van der Waals surface area contributed by atoms with Gasteiger partial charge < -0.3 is 19.6 Å². The van der Waals surface area contributed by atoms with Crippen LogP contribution in [0.4, 0.5) is 11.4 Å². The summed E-state index contributed by atoms with van der Waals surface area (Å²) >= 11 is 0. The Balaban J connectivity index is 1.90. The zero-order valence-electron chi connectivity index (χ0n) is 19.5. The van der Waals surface area contributed by atoms with Crippen LogP contribution < -0.4 is 14.5 Å². The molecule has 0 bridgehead atoms. The van der Waals surface area contributed by atoms with Gasteiger partial charge in [-0.15, -0.1) is 0 Å². The second kappa shape index (κ2) is 10.7. The molecular formula is C27H30N2O4. The lowest BCUT2D eigenvalue weighted by Crippen LogP contribution is -2.11. The number of carbonyl (C=O) groups is 2. The molecule has 0 saturated heterocycles. The Kier molecular flexibility index (Phi) is 7.72. The lowest BCUT2D eigenvalue weighted by molar-refractivity contribution is -0.142. The molecule has 0 radical (unpaired) electrons. The first-order valence-corrected chi connectivity index (χ1v) is 10.8. The quantitative estimate of drug-likeness (QED) is 0.290. The largest absolute Gasteiger partial charge is 0.481 e. The Bertz CT molecular complexity index is 1020. The van der Waals surface area contributed by atoms with E-state index in [1.54, 1.807) is 12.1 Å². The van der Waals surface area contributed by atoms with Gasteiger partial charge >= 0.3 is 11.9 Å². The minimum atomic E-state index is -1.02. The van der Waals surface area contributed by atoms with Crippen molar-refractivity contribution >= 4 is 23.3 Å². The number of rotatable bonds is 9. The number of nitrogens with zero attached hydrogens (tertiary/aromatic N) is 2. The second-order valence-corrected chi connectivity index (χ2v) is 8.34. The molecule has 0 fully saturated rings. The topological polar surface area (TPSA) is 70.1 Å². The molecule has 6 heteroatoms. The van der Waals surface area contributed by atoms with E-state index in [0.717, 1.165) is 28.1 Å². The predicted octanol–water partition coefficient (Wildman–Crippen LogP) is 4.77. The fourth-order valence-corrected chi connectivity index (χ4v) is 3.63. The predicted molar refractivity (Wildman–Crippen MR) is 131 cm³/mol. The average molecular weight is 447 g/mol. The summed E-state index contributed by atoms with van der Waals surface area (Å²) < 4.78 is 5.28. The first-order chi connectivity index (χ1) is 15.7. The van der Waals surface area contributed by atoms with E-state index in [-0.39, 0.29) is 18.8 Å². The molecule has 0 spiro atoms. The van der Waals surface area contributed by atoms with E-state index >= 15 is 0 Å². The van der Waals surface area contributed by atoms with Crippen molar-refractivity contribution in [2.75, 3.05) is 38.0 Å². The van der Waals surface area contributed by atoms with Gasteiger partial charge in [0.2, 0.25) is 0 Å². The molecule has 1 N–H and O–H groups in total. The number of ether oxygens (including phenoxy) is 1. The van der Waals surface area contributed by atoms with Gasteiger partial charge in [0.15, 0.2) is 0 Å². The van der Waals surface area contributed by atoms with Crippen LogP contribution in [0.3, 0.4) is 0 Å². The number of carboxylic acid groups (broad SMARTS) is 1. The molecule has 0 aliphatic carbocycles. The highest BCUT2D eigenvalue weighted by molar-refractivity contribution is 5.78. The van der Waals surface area contributed by atoms with E-state index in [9.17, 15) is 9.59 Å². The number of anilines is 2. The molecule has 3 aromatic carbocycles. The molecule has 0 atom stereocenters. The maximum absolute atomic E-state index is 11.9. The van der Waals surface area contributed by atoms with Crippen LogP contribution in [0.2, 0.25) is 0 Å². The smallest absolute Gasteiger partial charge is 0.311 e. The highest BCUT2D eigenvalue weighted by Crippen LogP contribution is 2.34. The fourth-order valence-electron chi connectivity index (χ4n) is 3.63. The molecule has 0 amide bonds. The van der Waals surface area contributed by atoms with Gasteiger partial charge in [-0.05, 0) is 53.1 Å². The van der Waals surface area contributed by atoms with E-state index in [0.29, 0.717) is 5.75 Å². The van der Waals surface area contributed by atoms with Crippen molar-refractivity contribution in [2.45, 2.75) is 18.8 Å². The monoisotopic (exact) mass is 446 g/mol. The lowest BCUT2D eigenvalue weighted by Gasteiger charge is -2.22. The minimum absolute atomic E-state index is 0.00851. The van der Waals surface area contributed by atoms with Gasteiger partial charge in [-0.25, -0.2) is 0 Å². The van der Waals surface area contributed by atoms with Crippen molar-refractivity contribution in [1.29, 1.82) is 0 Å². The summed E-state index contributed by atoms with van der Waals surface area (Å²) in [6, 6.07) is 24.4. The van der Waals surface area contributed by atoms with Crippen LogP contribution in [0.5, 0.6) is 5.75 Å². The van der Waals surface area contributed by atoms with Crippen LogP contribution in [0.25, 0.3) is 0 Å². The maximum atomic E-state index is 11.9. The van der Waals surface area contributed by atoms with Gasteiger partial charge in [-0.1, -0.05) is 36.4 Å². The normalized spacial score (nSPS) is 10.7. The van der Waals surface area contributed by atoms with Crippen molar-refractivity contribution in [1.82, 2.24) is 0 Å². The number of carboxylic acids is 1. The Labute approximate surface area is 195 Å². The molecule has 3 rings (SSSR count).